The van der Waals surface area contributed by atoms with Crippen LogP contribution in [0, 0.1) is 11.3 Å². The molecule has 4 rings (SSSR count). The zero-order chi connectivity index (χ0) is 34.7. The molecule has 258 valence electrons. The highest BCUT2D eigenvalue weighted by atomic mass is 28.4. The number of hydrazine groups is 1. The number of cyclic esters (lactones) is 1. The number of carbonyl (C=O) groups excluding carboxylic acids is 3. The van der Waals surface area contributed by atoms with Gasteiger partial charge in [0, 0.05) is 24.5 Å². The number of nitrogens with zero attached hydrogens (tertiary/aromatic N) is 2. The summed E-state index contributed by atoms with van der Waals surface area (Å²) in [5.41, 5.74) is 4.58. The molecular weight excluding hydrogens is 611 g/mol. The zero-order valence-electron chi connectivity index (χ0n) is 29.9. The highest BCUT2D eigenvalue weighted by molar-refractivity contribution is 6.74. The van der Waals surface area contributed by atoms with E-state index < -0.39 is 31.8 Å². The summed E-state index contributed by atoms with van der Waals surface area (Å²) in [6.07, 6.45) is 4.28. The number of esters is 1. The summed E-state index contributed by atoms with van der Waals surface area (Å²) in [7, 11) is -2.23. The minimum Gasteiger partial charge on any atom is -0.451 e. The van der Waals surface area contributed by atoms with E-state index in [9.17, 15) is 14.4 Å². The smallest absolute Gasteiger partial charge is 0.318 e. The van der Waals surface area contributed by atoms with Crippen molar-refractivity contribution >= 4 is 43.1 Å². The number of nitrogens with one attached hydrogen (secondary N) is 3. The molecular formula is C36H55N5O5Si. The minimum atomic E-state index is -2.23. The first kappa shape index (κ1) is 36.7. The predicted molar refractivity (Wildman–Crippen MR) is 189 cm³/mol. The van der Waals surface area contributed by atoms with Crippen molar-refractivity contribution in [1.82, 2.24) is 26.1 Å². The van der Waals surface area contributed by atoms with Gasteiger partial charge in [0.1, 0.15) is 11.5 Å². The van der Waals surface area contributed by atoms with E-state index in [2.05, 4.69) is 49.9 Å². The van der Waals surface area contributed by atoms with Crippen LogP contribution in [0.4, 0.5) is 0 Å². The van der Waals surface area contributed by atoms with E-state index in [4.69, 9.17) is 14.1 Å². The maximum atomic E-state index is 14.1. The third kappa shape index (κ3) is 9.07. The maximum absolute atomic E-state index is 14.1. The van der Waals surface area contributed by atoms with Crippen LogP contribution in [-0.4, -0.2) is 74.0 Å². The Kier molecular flexibility index (Phi) is 11.4. The molecule has 2 aromatic rings. The third-order valence-electron chi connectivity index (χ3n) is 9.75. The topological polar surface area (TPSA) is 122 Å². The molecule has 1 unspecified atom stereocenters. The fourth-order valence-corrected chi connectivity index (χ4v) is 6.59. The van der Waals surface area contributed by atoms with Crippen LogP contribution in [0.2, 0.25) is 18.1 Å². The molecule has 1 aromatic heterocycles. The Morgan fingerprint density at radius 3 is 2.47 bits per heavy atom. The standard InChI is InChI=1S/C36H55N5O5Si/c1-23(2)31-33(43)37-24(3)21-41-19-11-12-29(40-41)32(42)38-25(4)28-16-15-27-14-13-26(20-30(27)39-28)17-18-36(8,34(44)46-31)22-45-47(9,10)35(5,6)7/h13-18,20,23-25,29,31,40H,11-12,19,21-22H2,1-10H3,(H,37,43)(H,38,42)/b18-17+/t24-,25+,29-,31-,36+/m0/s1. The van der Waals surface area contributed by atoms with Crippen molar-refractivity contribution in [2.75, 3.05) is 19.7 Å². The SMILES string of the molecule is CC(C)[C@@H]1OC(=O)[C@@](C)(CO[Si](C)(C)C(C)(C)C)/C=C/c2ccc3ccc(nc3c2)[C@@H](C)NC(=O)[C@@H]2CCCN(C[C@H](C)NC1=O)N2. The summed E-state index contributed by atoms with van der Waals surface area (Å²) < 4.78 is 12.6. The van der Waals surface area contributed by atoms with Crippen molar-refractivity contribution in [1.29, 1.82) is 0 Å². The summed E-state index contributed by atoms with van der Waals surface area (Å²) >= 11 is 0. The van der Waals surface area contributed by atoms with Gasteiger partial charge >= 0.3 is 5.97 Å². The van der Waals surface area contributed by atoms with Crippen LogP contribution < -0.4 is 16.1 Å². The van der Waals surface area contributed by atoms with Gasteiger partial charge < -0.3 is 19.8 Å². The molecule has 0 radical (unpaired) electrons. The first-order chi connectivity index (χ1) is 21.9. The molecule has 2 aliphatic rings. The Morgan fingerprint density at radius 2 is 1.79 bits per heavy atom. The fraction of sp³-hybridized carbons (Fsp3) is 0.611. The average molecular weight is 666 g/mol. The van der Waals surface area contributed by atoms with E-state index in [0.717, 1.165) is 35.1 Å². The van der Waals surface area contributed by atoms with Crippen LogP contribution in [0.5, 0.6) is 0 Å². The second-order valence-electron chi connectivity index (χ2n) is 15.5. The normalized spacial score (nSPS) is 29.3. The number of hydrogen-bond acceptors (Lipinski definition) is 8. The summed E-state index contributed by atoms with van der Waals surface area (Å²) in [5.74, 6) is -1.21. The van der Waals surface area contributed by atoms with Gasteiger partial charge in [0.15, 0.2) is 14.4 Å². The molecule has 3 heterocycles. The van der Waals surface area contributed by atoms with Crippen molar-refractivity contribution in [3.63, 3.8) is 0 Å². The van der Waals surface area contributed by atoms with Crippen LogP contribution >= 0.6 is 0 Å². The number of hydrogen-bond donors (Lipinski definition) is 3. The molecule has 1 aromatic carbocycles. The highest BCUT2D eigenvalue weighted by Crippen LogP contribution is 2.38. The van der Waals surface area contributed by atoms with Gasteiger partial charge in [-0.05, 0) is 75.4 Å². The molecule has 3 N–H and O–H groups in total. The molecule has 0 saturated carbocycles. The quantitative estimate of drug-likeness (QED) is 0.289. The zero-order valence-corrected chi connectivity index (χ0v) is 30.9. The van der Waals surface area contributed by atoms with E-state index in [-0.39, 0.29) is 41.5 Å². The second kappa shape index (κ2) is 14.6. The number of rotatable bonds is 4. The van der Waals surface area contributed by atoms with Gasteiger partial charge in [-0.15, -0.1) is 0 Å². The fourth-order valence-electron chi connectivity index (χ4n) is 5.50. The summed E-state index contributed by atoms with van der Waals surface area (Å²) in [4.78, 5) is 45.9. The molecule has 0 spiro atoms. The maximum Gasteiger partial charge on any atom is 0.318 e. The van der Waals surface area contributed by atoms with Gasteiger partial charge in [-0.2, -0.15) is 0 Å². The lowest BCUT2D eigenvalue weighted by Crippen LogP contribution is -2.59. The molecule has 1 saturated heterocycles. The first-order valence-electron chi connectivity index (χ1n) is 17.0. The van der Waals surface area contributed by atoms with Crippen LogP contribution in [-0.2, 0) is 23.5 Å². The van der Waals surface area contributed by atoms with Gasteiger partial charge in [0.2, 0.25) is 5.91 Å². The number of amides is 2. The third-order valence-corrected chi connectivity index (χ3v) is 14.2. The molecule has 0 aliphatic carbocycles. The lowest BCUT2D eigenvalue weighted by Gasteiger charge is -2.39. The summed E-state index contributed by atoms with van der Waals surface area (Å²) in [6.45, 7) is 21.5. The van der Waals surface area contributed by atoms with Gasteiger partial charge in [0.25, 0.3) is 5.91 Å². The Balaban J connectivity index is 1.74. The van der Waals surface area contributed by atoms with Crippen molar-refractivity contribution in [3.05, 3.63) is 47.7 Å². The highest BCUT2D eigenvalue weighted by Gasteiger charge is 2.43. The average Bonchev–Trinajstić information content (AvgIpc) is 2.99. The molecule has 5 bridgehead atoms. The second-order valence-corrected chi connectivity index (χ2v) is 20.3. The van der Waals surface area contributed by atoms with E-state index in [1.165, 1.54) is 0 Å². The molecule has 2 aliphatic heterocycles. The van der Waals surface area contributed by atoms with Crippen LogP contribution in [0.25, 0.3) is 17.0 Å². The minimum absolute atomic E-state index is 0.0545. The Hall–Kier alpha value is -3.12. The summed E-state index contributed by atoms with van der Waals surface area (Å²) in [5, 5.41) is 9.08. The van der Waals surface area contributed by atoms with E-state index in [0.29, 0.717) is 13.0 Å². The van der Waals surface area contributed by atoms with Crippen molar-refractivity contribution in [2.24, 2.45) is 11.3 Å². The van der Waals surface area contributed by atoms with Gasteiger partial charge in [-0.1, -0.05) is 65.0 Å². The molecule has 2 amide bonds. The van der Waals surface area contributed by atoms with Crippen LogP contribution in [0.15, 0.2) is 36.4 Å². The lowest BCUT2D eigenvalue weighted by molar-refractivity contribution is -0.167. The Labute approximate surface area is 281 Å². The van der Waals surface area contributed by atoms with Crippen LogP contribution in [0.3, 0.4) is 0 Å². The number of ether oxygens (including phenoxy) is 1. The van der Waals surface area contributed by atoms with Crippen molar-refractivity contribution in [2.45, 2.75) is 111 Å². The molecule has 6 atom stereocenters. The number of pyridine rings is 1. The van der Waals surface area contributed by atoms with E-state index in [1.807, 2.05) is 82.1 Å². The predicted octanol–water partition coefficient (Wildman–Crippen LogP) is 5.51. The van der Waals surface area contributed by atoms with Gasteiger partial charge in [-0.25, -0.2) is 10.4 Å². The van der Waals surface area contributed by atoms with E-state index >= 15 is 0 Å². The molecule has 1 fully saturated rings. The monoisotopic (exact) mass is 665 g/mol. The lowest BCUT2D eigenvalue weighted by atomic mass is 9.90. The van der Waals surface area contributed by atoms with Crippen molar-refractivity contribution in [3.8, 4) is 0 Å². The number of fused-ring (bicyclic) bond motifs is 4. The largest absolute Gasteiger partial charge is 0.451 e. The van der Waals surface area contributed by atoms with Gasteiger partial charge in [-0.3, -0.25) is 19.4 Å². The molecule has 10 nitrogen and oxygen atoms in total. The Bertz CT molecular complexity index is 1490. The van der Waals surface area contributed by atoms with Crippen molar-refractivity contribution < 1.29 is 23.5 Å². The first-order valence-corrected chi connectivity index (χ1v) is 19.9. The van der Waals surface area contributed by atoms with Gasteiger partial charge in [0.05, 0.1) is 23.9 Å². The number of carbonyl (C=O) groups is 3. The summed E-state index contributed by atoms with van der Waals surface area (Å²) in [6, 6.07) is 8.94. The van der Waals surface area contributed by atoms with Crippen LogP contribution in [0.1, 0.15) is 85.5 Å². The Morgan fingerprint density at radius 1 is 1.09 bits per heavy atom. The number of aromatic nitrogens is 1. The number of benzene rings is 1. The van der Waals surface area contributed by atoms with E-state index in [1.54, 1.807) is 0 Å². The molecule has 11 heteroatoms. The molecule has 47 heavy (non-hydrogen) atoms.